The van der Waals surface area contributed by atoms with Crippen LogP contribution in [0.25, 0.3) is 55.0 Å². The number of halogens is 4. The quantitative estimate of drug-likeness (QED) is 0.0965. The maximum Gasteiger partial charge on any atom is 0.252 e. The van der Waals surface area contributed by atoms with E-state index in [-0.39, 0.29) is 35.3 Å². The molecule has 7 heterocycles. The van der Waals surface area contributed by atoms with Crippen molar-refractivity contribution >= 4 is 113 Å². The third-order valence-corrected chi connectivity index (χ3v) is 15.4. The third-order valence-electron chi connectivity index (χ3n) is 13.2. The van der Waals surface area contributed by atoms with Gasteiger partial charge in [-0.2, -0.15) is 19.6 Å². The zero-order valence-electron chi connectivity index (χ0n) is 43.2. The number of imide groups is 1. The van der Waals surface area contributed by atoms with E-state index in [2.05, 4.69) is 66.2 Å². The molecular formula is C56H61F2I2N7O6. The lowest BCUT2D eigenvalue weighted by molar-refractivity contribution is -0.130. The summed E-state index contributed by atoms with van der Waals surface area (Å²) in [4.78, 5) is 46.8. The highest BCUT2D eigenvalue weighted by Gasteiger charge is 2.31. The molecule has 11 rings (SSSR count). The SMILES string of the molecule is CC(C)(C)C(=O)n1ncc2cc3c(cc(C4CCOCC4)n3-c3ccc(F)cc3)cc21.CC(C)(C)C(=O)n1ncc2cc3c(cc21)c(I)c(C1CCOCC1)n3-c1ccc(F)cc1.O=C1CCC(=O)N1I.[2H]CC. The maximum atomic E-state index is 13.7. The van der Waals surface area contributed by atoms with E-state index in [0.717, 1.165) is 114 Å². The first-order valence-corrected chi connectivity index (χ1v) is 26.6. The van der Waals surface area contributed by atoms with E-state index in [1.807, 2.05) is 71.9 Å². The van der Waals surface area contributed by atoms with Gasteiger partial charge < -0.3 is 18.6 Å². The number of nitrogens with zero attached hydrogens (tertiary/aromatic N) is 7. The standard InChI is InChI=1S/C25H25FIN3O2.C25H26FN3O2.C4H4INO2.C2H6/c1-25(2,3)24(31)30-20-13-19-21(12-16(20)14-28-30)29(18-6-4-17(26)5-7-18)23(22(19)27)15-8-10-32-11-9-15;1-25(2,3)24(30)29-23-13-17-12-21(16-8-10-31-11-9-16)28(20-6-4-19(26)5-7-20)22(17)14-18(23)15-27-29;5-6-3(7)1-2-4(6)8;1-2/h4-7,12-15H,8-11H2,1-3H3;4-7,12-16H,8-11H2,1-3H3;1-2H2;1-2H3/i;;;1D. The number of carbonyl (C=O) groups is 4. The fraction of sp³-hybridized carbons (Fsp3) is 0.393. The molecule has 13 nitrogen and oxygen atoms in total. The minimum Gasteiger partial charge on any atom is -0.381 e. The predicted molar refractivity (Wildman–Crippen MR) is 298 cm³/mol. The highest BCUT2D eigenvalue weighted by Crippen LogP contribution is 2.41. The van der Waals surface area contributed by atoms with Crippen LogP contribution in [0.1, 0.15) is 128 Å². The average molecular weight is 1220 g/mol. The molecule has 73 heavy (non-hydrogen) atoms. The summed E-state index contributed by atoms with van der Waals surface area (Å²) in [6.07, 6.45) is 8.08. The van der Waals surface area contributed by atoms with Crippen molar-refractivity contribution in [2.24, 2.45) is 10.8 Å². The molecule has 0 bridgehead atoms. The van der Waals surface area contributed by atoms with Crippen molar-refractivity contribution in [3.63, 3.8) is 0 Å². The first kappa shape index (κ1) is 52.5. The van der Waals surface area contributed by atoms with E-state index in [9.17, 15) is 28.0 Å². The van der Waals surface area contributed by atoms with Gasteiger partial charge in [0.25, 0.3) is 11.8 Å². The van der Waals surface area contributed by atoms with Crippen molar-refractivity contribution in [1.82, 2.24) is 31.8 Å². The molecule has 17 heteroatoms. The van der Waals surface area contributed by atoms with Crippen molar-refractivity contribution < 1.29 is 38.8 Å². The summed E-state index contributed by atoms with van der Waals surface area (Å²) >= 11 is 4.14. The number of hydrogen-bond acceptors (Lipinski definition) is 8. The second-order valence-electron chi connectivity index (χ2n) is 20.4. The van der Waals surface area contributed by atoms with Crippen LogP contribution in [-0.4, -0.2) is 81.9 Å². The molecule has 3 aliphatic rings. The van der Waals surface area contributed by atoms with Crippen LogP contribution < -0.4 is 0 Å². The number of hydrogen-bond donors (Lipinski definition) is 0. The van der Waals surface area contributed by atoms with Gasteiger partial charge in [-0.05, 0) is 127 Å². The lowest BCUT2D eigenvalue weighted by atomic mass is 9.95. The molecule has 0 radical (unpaired) electrons. The molecule has 0 aliphatic carbocycles. The monoisotopic (exact) mass is 1220 g/mol. The van der Waals surface area contributed by atoms with Crippen LogP contribution in [0.15, 0.2) is 91.3 Å². The van der Waals surface area contributed by atoms with Gasteiger partial charge in [0, 0.05) is 111 Å². The largest absolute Gasteiger partial charge is 0.381 e. The maximum absolute atomic E-state index is 13.7. The molecule has 4 aromatic heterocycles. The molecule has 384 valence electrons. The molecule has 0 atom stereocenters. The Labute approximate surface area is 452 Å². The number of aromatic nitrogens is 6. The Bertz CT molecular complexity index is 3340. The Kier molecular flexibility index (Phi) is 16.0. The number of benzene rings is 4. The molecule has 2 amide bonds. The molecule has 0 spiro atoms. The van der Waals surface area contributed by atoms with Crippen molar-refractivity contribution in [3.8, 4) is 11.4 Å². The fourth-order valence-electron chi connectivity index (χ4n) is 9.42. The molecule has 4 aromatic carbocycles. The van der Waals surface area contributed by atoms with E-state index >= 15 is 0 Å². The third kappa shape index (κ3) is 11.2. The van der Waals surface area contributed by atoms with Gasteiger partial charge in [-0.3, -0.25) is 19.2 Å². The lowest BCUT2D eigenvalue weighted by Gasteiger charge is -2.24. The molecular weight excluding hydrogens is 1160 g/mol. The van der Waals surface area contributed by atoms with E-state index < -0.39 is 10.8 Å². The zero-order valence-corrected chi connectivity index (χ0v) is 46.5. The molecule has 0 saturated carbocycles. The van der Waals surface area contributed by atoms with Crippen LogP contribution >= 0.6 is 45.5 Å². The molecule has 0 unspecified atom stereocenters. The summed E-state index contributed by atoms with van der Waals surface area (Å²) in [6.45, 7) is 16.7. The Hall–Kier alpha value is -5.38. The molecule has 3 fully saturated rings. The van der Waals surface area contributed by atoms with E-state index in [4.69, 9.17) is 10.8 Å². The van der Waals surface area contributed by atoms with Crippen molar-refractivity contribution in [2.75, 3.05) is 26.4 Å². The zero-order chi connectivity index (χ0) is 53.2. The summed E-state index contributed by atoms with van der Waals surface area (Å²) in [5.74, 6) is -0.0137. The van der Waals surface area contributed by atoms with Crippen molar-refractivity contribution in [3.05, 3.63) is 118 Å². The summed E-state index contributed by atoms with van der Waals surface area (Å²) in [5.41, 5.74) is 6.90. The Morgan fingerprint density at radius 3 is 1.51 bits per heavy atom. The first-order valence-electron chi connectivity index (χ1n) is 25.2. The second kappa shape index (κ2) is 22.2. The molecule has 0 N–H and O–H groups in total. The Morgan fingerprint density at radius 2 is 1.05 bits per heavy atom. The van der Waals surface area contributed by atoms with Gasteiger partial charge in [-0.25, -0.2) is 11.9 Å². The number of rotatable bonds is 4. The minimum atomic E-state index is -0.533. The van der Waals surface area contributed by atoms with Crippen LogP contribution in [0, 0.1) is 26.0 Å². The lowest BCUT2D eigenvalue weighted by Crippen LogP contribution is -2.27. The molecule has 3 aliphatic heterocycles. The smallest absolute Gasteiger partial charge is 0.252 e. The second-order valence-corrected chi connectivity index (χ2v) is 22.4. The fourth-order valence-corrected chi connectivity index (χ4v) is 11.0. The van der Waals surface area contributed by atoms with Crippen LogP contribution in [-0.2, 0) is 19.1 Å². The van der Waals surface area contributed by atoms with Gasteiger partial charge in [0.1, 0.15) is 11.6 Å². The van der Waals surface area contributed by atoms with Gasteiger partial charge in [-0.15, -0.1) is 0 Å². The number of amides is 2. The van der Waals surface area contributed by atoms with Gasteiger partial charge in [0.15, 0.2) is 0 Å². The average Bonchev–Trinajstić information content (AvgIpc) is 4.21. The summed E-state index contributed by atoms with van der Waals surface area (Å²) in [7, 11) is 0. The Balaban J connectivity index is 0.000000164. The highest BCUT2D eigenvalue weighted by molar-refractivity contribution is 14.1. The van der Waals surface area contributed by atoms with E-state index in [1.54, 1.807) is 42.2 Å². The van der Waals surface area contributed by atoms with Crippen molar-refractivity contribution in [1.29, 1.82) is 0 Å². The van der Waals surface area contributed by atoms with Gasteiger partial charge in [-0.1, -0.05) is 55.4 Å². The van der Waals surface area contributed by atoms with Gasteiger partial charge in [0.05, 0.1) is 57.3 Å². The summed E-state index contributed by atoms with van der Waals surface area (Å²) < 4.78 is 54.5. The minimum absolute atomic E-state index is 0.0375. The Morgan fingerprint density at radius 1 is 0.630 bits per heavy atom. The predicted octanol–water partition coefficient (Wildman–Crippen LogP) is 13.5. The van der Waals surface area contributed by atoms with Crippen LogP contribution in [0.4, 0.5) is 8.78 Å². The first-order chi connectivity index (χ1) is 35.2. The molecule has 3 saturated heterocycles. The highest BCUT2D eigenvalue weighted by atomic mass is 127. The topological polar surface area (TPSA) is 135 Å². The van der Waals surface area contributed by atoms with Gasteiger partial charge >= 0.3 is 0 Å². The molecule has 8 aromatic rings. The number of ether oxygens (including phenoxy) is 2. The normalized spacial score (nSPS) is 16.0. The summed E-state index contributed by atoms with van der Waals surface area (Å²) in [6, 6.07) is 23.8. The van der Waals surface area contributed by atoms with E-state index in [0.29, 0.717) is 31.6 Å². The van der Waals surface area contributed by atoms with Crippen molar-refractivity contribution in [2.45, 2.75) is 106 Å². The summed E-state index contributed by atoms with van der Waals surface area (Å²) in [5, 5.41) is 12.7. The van der Waals surface area contributed by atoms with Crippen LogP contribution in [0.5, 0.6) is 0 Å². The number of carbonyl (C=O) groups excluding carboxylic acids is 4. The van der Waals surface area contributed by atoms with Crippen LogP contribution in [0.2, 0.25) is 0 Å². The van der Waals surface area contributed by atoms with Gasteiger partial charge in [0.2, 0.25) is 11.8 Å². The number of fused-ring (bicyclic) bond motifs is 4. The van der Waals surface area contributed by atoms with E-state index in [1.165, 1.54) is 45.0 Å². The van der Waals surface area contributed by atoms with Crippen LogP contribution in [0.3, 0.4) is 0 Å².